The molecule has 1 aliphatic rings. The van der Waals surface area contributed by atoms with Crippen molar-refractivity contribution in [3.63, 3.8) is 0 Å². The first-order valence-corrected chi connectivity index (χ1v) is 7.28. The van der Waals surface area contributed by atoms with Crippen molar-refractivity contribution in [3.8, 4) is 0 Å². The average Bonchev–Trinajstić information content (AvgIpc) is 2.80. The first-order valence-electron chi connectivity index (χ1n) is 6.49. The lowest BCUT2D eigenvalue weighted by atomic mass is 10.2. The number of rotatable bonds is 5. The van der Waals surface area contributed by atoms with Crippen LogP contribution in [0, 0.1) is 0 Å². The van der Waals surface area contributed by atoms with Crippen molar-refractivity contribution < 1.29 is 4.79 Å². The molecule has 1 atom stereocenters. The van der Waals surface area contributed by atoms with Crippen LogP contribution in [0.25, 0.3) is 0 Å². The minimum Gasteiger partial charge on any atom is -0.318 e. The minimum atomic E-state index is -0.00201. The molecule has 2 heterocycles. The number of nitrogens with zero attached hydrogens (tertiary/aromatic N) is 2. The monoisotopic (exact) mass is 326 g/mol. The normalized spacial score (nSPS) is 19.6. The molecule has 1 unspecified atom stereocenters. The summed E-state index contributed by atoms with van der Waals surface area (Å²) >= 11 is 3.32. The van der Waals surface area contributed by atoms with Gasteiger partial charge >= 0.3 is 0 Å². The zero-order valence-corrected chi connectivity index (χ0v) is 12.6. The molecule has 1 aromatic heterocycles. The van der Waals surface area contributed by atoms with Crippen molar-refractivity contribution in [2.75, 3.05) is 32.0 Å². The SMILES string of the molecule is CNCC1CCCN1CC(=O)Nc1ccc(Br)cn1. The number of pyridine rings is 1. The van der Waals surface area contributed by atoms with Crippen LogP contribution < -0.4 is 10.6 Å². The van der Waals surface area contributed by atoms with Crippen LogP contribution in [0.1, 0.15) is 12.8 Å². The van der Waals surface area contributed by atoms with Crippen LogP contribution in [0.3, 0.4) is 0 Å². The molecule has 0 saturated carbocycles. The van der Waals surface area contributed by atoms with E-state index in [0.717, 1.165) is 30.4 Å². The summed E-state index contributed by atoms with van der Waals surface area (Å²) < 4.78 is 0.902. The van der Waals surface area contributed by atoms with Gasteiger partial charge in [-0.05, 0) is 54.5 Å². The number of halogens is 1. The van der Waals surface area contributed by atoms with E-state index in [-0.39, 0.29) is 5.91 Å². The lowest BCUT2D eigenvalue weighted by Gasteiger charge is -2.23. The first-order chi connectivity index (χ1) is 9.19. The van der Waals surface area contributed by atoms with Crippen LogP contribution in [0.15, 0.2) is 22.8 Å². The van der Waals surface area contributed by atoms with Gasteiger partial charge in [-0.25, -0.2) is 4.98 Å². The topological polar surface area (TPSA) is 57.3 Å². The van der Waals surface area contributed by atoms with Crippen molar-refractivity contribution in [1.82, 2.24) is 15.2 Å². The molecular formula is C13H19BrN4O. The molecule has 1 saturated heterocycles. The van der Waals surface area contributed by atoms with E-state index in [0.29, 0.717) is 18.4 Å². The van der Waals surface area contributed by atoms with Crippen LogP contribution >= 0.6 is 15.9 Å². The van der Waals surface area contributed by atoms with Gasteiger partial charge in [0.1, 0.15) is 5.82 Å². The summed E-state index contributed by atoms with van der Waals surface area (Å²) in [6.07, 6.45) is 4.00. The van der Waals surface area contributed by atoms with Crippen LogP contribution in [-0.2, 0) is 4.79 Å². The third kappa shape index (κ3) is 4.26. The van der Waals surface area contributed by atoms with Gasteiger partial charge < -0.3 is 10.6 Å². The summed E-state index contributed by atoms with van der Waals surface area (Å²) in [5.41, 5.74) is 0. The molecule has 19 heavy (non-hydrogen) atoms. The predicted molar refractivity (Wildman–Crippen MR) is 79.1 cm³/mol. The maximum Gasteiger partial charge on any atom is 0.239 e. The zero-order valence-electron chi connectivity index (χ0n) is 11.0. The van der Waals surface area contributed by atoms with Gasteiger partial charge in [-0.15, -0.1) is 0 Å². The maximum absolute atomic E-state index is 12.0. The third-order valence-corrected chi connectivity index (χ3v) is 3.75. The van der Waals surface area contributed by atoms with Gasteiger partial charge in [-0.3, -0.25) is 9.69 Å². The molecule has 1 aromatic rings. The number of nitrogens with one attached hydrogen (secondary N) is 2. The number of likely N-dealkylation sites (N-methyl/N-ethyl adjacent to an activating group) is 1. The third-order valence-electron chi connectivity index (χ3n) is 3.28. The summed E-state index contributed by atoms with van der Waals surface area (Å²) in [7, 11) is 1.95. The molecule has 0 aromatic carbocycles. The second-order valence-corrected chi connectivity index (χ2v) is 5.65. The van der Waals surface area contributed by atoms with Gasteiger partial charge in [-0.1, -0.05) is 0 Å². The number of hydrogen-bond acceptors (Lipinski definition) is 4. The second-order valence-electron chi connectivity index (χ2n) is 4.73. The Morgan fingerprint density at radius 2 is 2.42 bits per heavy atom. The smallest absolute Gasteiger partial charge is 0.239 e. The molecule has 104 valence electrons. The standard InChI is InChI=1S/C13H19BrN4O/c1-15-8-11-3-2-6-18(11)9-13(19)17-12-5-4-10(14)7-16-12/h4-5,7,11,15H,2-3,6,8-9H2,1H3,(H,16,17,19). The number of hydrogen-bond donors (Lipinski definition) is 2. The quantitative estimate of drug-likeness (QED) is 0.860. The summed E-state index contributed by atoms with van der Waals surface area (Å²) in [6.45, 7) is 2.36. The van der Waals surface area contributed by atoms with E-state index in [1.807, 2.05) is 13.1 Å². The summed E-state index contributed by atoms with van der Waals surface area (Å²) in [4.78, 5) is 18.3. The molecule has 0 spiro atoms. The highest BCUT2D eigenvalue weighted by Crippen LogP contribution is 2.16. The van der Waals surface area contributed by atoms with Gasteiger partial charge in [-0.2, -0.15) is 0 Å². The fourth-order valence-corrected chi connectivity index (χ4v) is 2.62. The molecule has 1 aliphatic heterocycles. The Labute approximate surface area is 121 Å². The highest BCUT2D eigenvalue weighted by atomic mass is 79.9. The van der Waals surface area contributed by atoms with E-state index >= 15 is 0 Å². The Hall–Kier alpha value is -0.980. The highest BCUT2D eigenvalue weighted by Gasteiger charge is 2.25. The second kappa shape index (κ2) is 6.98. The van der Waals surface area contributed by atoms with Gasteiger partial charge in [0, 0.05) is 23.3 Å². The van der Waals surface area contributed by atoms with Crippen molar-refractivity contribution in [3.05, 3.63) is 22.8 Å². The molecular weight excluding hydrogens is 308 g/mol. The molecule has 0 bridgehead atoms. The highest BCUT2D eigenvalue weighted by molar-refractivity contribution is 9.10. The molecule has 1 fully saturated rings. The number of likely N-dealkylation sites (tertiary alicyclic amines) is 1. The van der Waals surface area contributed by atoms with Crippen molar-refractivity contribution in [1.29, 1.82) is 0 Å². The molecule has 0 radical (unpaired) electrons. The Morgan fingerprint density at radius 1 is 1.58 bits per heavy atom. The lowest BCUT2D eigenvalue weighted by Crippen LogP contribution is -2.41. The summed E-state index contributed by atoms with van der Waals surface area (Å²) in [6, 6.07) is 4.12. The fourth-order valence-electron chi connectivity index (χ4n) is 2.39. The molecule has 1 amide bonds. The number of anilines is 1. The zero-order chi connectivity index (χ0) is 13.7. The van der Waals surface area contributed by atoms with E-state index in [4.69, 9.17) is 0 Å². The number of carbonyl (C=O) groups excluding carboxylic acids is 1. The minimum absolute atomic E-state index is 0.00201. The van der Waals surface area contributed by atoms with Crippen LogP contribution in [-0.4, -0.2) is 48.5 Å². The molecule has 5 nitrogen and oxygen atoms in total. The molecule has 6 heteroatoms. The number of amides is 1. The molecule has 2 rings (SSSR count). The van der Waals surface area contributed by atoms with E-state index < -0.39 is 0 Å². The molecule has 2 N–H and O–H groups in total. The number of aromatic nitrogens is 1. The average molecular weight is 327 g/mol. The molecule has 0 aliphatic carbocycles. The van der Waals surface area contributed by atoms with Gasteiger partial charge in [0.25, 0.3) is 0 Å². The van der Waals surface area contributed by atoms with E-state index in [1.165, 1.54) is 0 Å². The van der Waals surface area contributed by atoms with Crippen LogP contribution in [0.2, 0.25) is 0 Å². The van der Waals surface area contributed by atoms with Crippen LogP contribution in [0.5, 0.6) is 0 Å². The summed E-state index contributed by atoms with van der Waals surface area (Å²) in [5, 5.41) is 6.00. The van der Waals surface area contributed by atoms with E-state index in [9.17, 15) is 4.79 Å². The largest absolute Gasteiger partial charge is 0.318 e. The predicted octanol–water partition coefficient (Wildman–Crippen LogP) is 1.47. The van der Waals surface area contributed by atoms with Crippen LogP contribution in [0.4, 0.5) is 5.82 Å². The lowest BCUT2D eigenvalue weighted by molar-refractivity contribution is -0.117. The Kier molecular flexibility index (Phi) is 5.30. The van der Waals surface area contributed by atoms with Gasteiger partial charge in [0.05, 0.1) is 6.54 Å². The summed E-state index contributed by atoms with van der Waals surface area (Å²) in [5.74, 6) is 0.593. The van der Waals surface area contributed by atoms with Crippen molar-refractivity contribution >= 4 is 27.7 Å². The Balaban J connectivity index is 1.85. The van der Waals surface area contributed by atoms with Crippen molar-refractivity contribution in [2.24, 2.45) is 0 Å². The maximum atomic E-state index is 12.0. The fraction of sp³-hybridized carbons (Fsp3) is 0.538. The van der Waals surface area contributed by atoms with Gasteiger partial charge in [0.15, 0.2) is 0 Å². The van der Waals surface area contributed by atoms with Crippen molar-refractivity contribution in [2.45, 2.75) is 18.9 Å². The Morgan fingerprint density at radius 3 is 3.11 bits per heavy atom. The first kappa shape index (κ1) is 14.4. The van der Waals surface area contributed by atoms with E-state index in [1.54, 1.807) is 12.3 Å². The Bertz CT molecular complexity index is 423. The van der Waals surface area contributed by atoms with Gasteiger partial charge in [0.2, 0.25) is 5.91 Å². The number of carbonyl (C=O) groups is 1. The van der Waals surface area contributed by atoms with E-state index in [2.05, 4.69) is 36.4 Å².